The maximum atomic E-state index is 12.9. The lowest BCUT2D eigenvalue weighted by molar-refractivity contribution is -0.385. The molecule has 2 aromatic carbocycles. The molecule has 0 aliphatic heterocycles. The van der Waals surface area contributed by atoms with Gasteiger partial charge in [-0.1, -0.05) is 23.7 Å². The SMILES string of the molecule is Cc1ccsc1/C=N/Nc1ccc([N+](=O)[O-])cc1S(=O)(=O)Nc1ccccc1Cl. The number of hydrazone groups is 1. The normalized spacial score (nSPS) is 11.5. The number of benzene rings is 2. The molecule has 0 saturated carbocycles. The number of hydrogen-bond acceptors (Lipinski definition) is 7. The van der Waals surface area contributed by atoms with E-state index >= 15 is 0 Å². The lowest BCUT2D eigenvalue weighted by atomic mass is 10.3. The zero-order valence-electron chi connectivity index (χ0n) is 15.0. The van der Waals surface area contributed by atoms with Gasteiger partial charge in [-0.15, -0.1) is 11.3 Å². The number of thiophene rings is 1. The molecule has 0 fully saturated rings. The van der Waals surface area contributed by atoms with E-state index in [1.54, 1.807) is 18.3 Å². The van der Waals surface area contributed by atoms with Crippen LogP contribution in [0, 0.1) is 17.0 Å². The monoisotopic (exact) mass is 450 g/mol. The molecular formula is C18H15ClN4O4S2. The minimum Gasteiger partial charge on any atom is -0.278 e. The van der Waals surface area contributed by atoms with Crippen molar-refractivity contribution in [2.45, 2.75) is 11.8 Å². The van der Waals surface area contributed by atoms with Gasteiger partial charge in [-0.25, -0.2) is 8.42 Å². The van der Waals surface area contributed by atoms with Crippen molar-refractivity contribution in [3.8, 4) is 0 Å². The Morgan fingerprint density at radius 2 is 1.93 bits per heavy atom. The fourth-order valence-corrected chi connectivity index (χ4v) is 4.64. The number of anilines is 2. The highest BCUT2D eigenvalue weighted by atomic mass is 35.5. The fraction of sp³-hybridized carbons (Fsp3) is 0.0556. The standard InChI is InChI=1S/C18H15ClN4O4S2/c1-12-8-9-28-17(12)11-20-21-16-7-6-13(23(24)25)10-18(16)29(26,27)22-15-5-3-2-4-14(15)19/h2-11,21-22H,1H3/b20-11+. The van der Waals surface area contributed by atoms with Crippen molar-refractivity contribution in [2.24, 2.45) is 5.10 Å². The number of non-ortho nitro benzene ring substituents is 1. The highest BCUT2D eigenvalue weighted by Gasteiger charge is 2.23. The first-order valence-corrected chi connectivity index (χ1v) is 10.9. The Morgan fingerprint density at radius 3 is 2.59 bits per heavy atom. The molecule has 2 N–H and O–H groups in total. The Morgan fingerprint density at radius 1 is 1.17 bits per heavy atom. The van der Waals surface area contributed by atoms with Crippen LogP contribution in [0.3, 0.4) is 0 Å². The van der Waals surface area contributed by atoms with Crippen LogP contribution in [-0.2, 0) is 10.0 Å². The minimum absolute atomic E-state index is 0.0839. The van der Waals surface area contributed by atoms with Gasteiger partial charge in [-0.3, -0.25) is 20.3 Å². The average molecular weight is 451 g/mol. The number of nitrogens with one attached hydrogen (secondary N) is 2. The van der Waals surface area contributed by atoms with E-state index in [1.165, 1.54) is 35.6 Å². The van der Waals surface area contributed by atoms with Crippen LogP contribution in [0.25, 0.3) is 0 Å². The first kappa shape index (κ1) is 20.8. The van der Waals surface area contributed by atoms with E-state index in [1.807, 2.05) is 18.4 Å². The van der Waals surface area contributed by atoms with Crippen LogP contribution < -0.4 is 10.1 Å². The Hall–Kier alpha value is -2.95. The summed E-state index contributed by atoms with van der Waals surface area (Å²) in [5, 5.41) is 17.3. The van der Waals surface area contributed by atoms with Gasteiger partial charge >= 0.3 is 0 Å². The van der Waals surface area contributed by atoms with Crippen molar-refractivity contribution >= 4 is 56.2 Å². The first-order valence-electron chi connectivity index (χ1n) is 8.17. The van der Waals surface area contributed by atoms with Crippen LogP contribution in [0.5, 0.6) is 0 Å². The lowest BCUT2D eigenvalue weighted by Gasteiger charge is -2.12. The fourth-order valence-electron chi connectivity index (χ4n) is 2.36. The van der Waals surface area contributed by atoms with Crippen LogP contribution in [0.4, 0.5) is 17.1 Å². The molecule has 1 aromatic heterocycles. The number of para-hydroxylation sites is 1. The van der Waals surface area contributed by atoms with E-state index in [0.717, 1.165) is 16.5 Å². The predicted octanol–water partition coefficient (Wildman–Crippen LogP) is 4.86. The van der Waals surface area contributed by atoms with Gasteiger partial charge in [0.2, 0.25) is 0 Å². The lowest BCUT2D eigenvalue weighted by Crippen LogP contribution is -2.15. The molecule has 3 aromatic rings. The molecule has 0 spiro atoms. The Balaban J connectivity index is 1.97. The molecular weight excluding hydrogens is 436 g/mol. The molecule has 0 bridgehead atoms. The van der Waals surface area contributed by atoms with E-state index in [2.05, 4.69) is 15.2 Å². The quantitative estimate of drug-likeness (QED) is 0.303. The Labute approximate surface area is 176 Å². The third-order valence-corrected chi connectivity index (χ3v) is 6.54. The second kappa shape index (κ2) is 8.60. The zero-order valence-corrected chi connectivity index (χ0v) is 17.4. The van der Waals surface area contributed by atoms with Crippen molar-refractivity contribution in [1.82, 2.24) is 0 Å². The predicted molar refractivity (Wildman–Crippen MR) is 116 cm³/mol. The average Bonchev–Trinajstić information content (AvgIpc) is 3.08. The van der Waals surface area contributed by atoms with Crippen molar-refractivity contribution in [3.05, 3.63) is 79.5 Å². The van der Waals surface area contributed by atoms with Crippen molar-refractivity contribution in [2.75, 3.05) is 10.1 Å². The maximum Gasteiger partial charge on any atom is 0.270 e. The van der Waals surface area contributed by atoms with Gasteiger partial charge < -0.3 is 0 Å². The number of nitrogens with zero attached hydrogens (tertiary/aromatic N) is 2. The van der Waals surface area contributed by atoms with Gasteiger partial charge in [-0.05, 0) is 42.1 Å². The molecule has 150 valence electrons. The van der Waals surface area contributed by atoms with Crippen molar-refractivity contribution in [1.29, 1.82) is 0 Å². The largest absolute Gasteiger partial charge is 0.278 e. The van der Waals surface area contributed by atoms with Crippen molar-refractivity contribution in [3.63, 3.8) is 0 Å². The summed E-state index contributed by atoms with van der Waals surface area (Å²) >= 11 is 7.50. The molecule has 0 radical (unpaired) electrons. The topological polar surface area (TPSA) is 114 Å². The number of nitro groups is 1. The summed E-state index contributed by atoms with van der Waals surface area (Å²) in [6.45, 7) is 1.92. The number of nitro benzene ring substituents is 1. The van der Waals surface area contributed by atoms with E-state index < -0.39 is 14.9 Å². The molecule has 11 heteroatoms. The highest BCUT2D eigenvalue weighted by Crippen LogP contribution is 2.30. The van der Waals surface area contributed by atoms with Crippen LogP contribution in [0.2, 0.25) is 5.02 Å². The van der Waals surface area contributed by atoms with Gasteiger partial charge in [0.1, 0.15) is 4.90 Å². The summed E-state index contributed by atoms with van der Waals surface area (Å²) in [5.74, 6) is 0. The van der Waals surface area contributed by atoms with Gasteiger partial charge in [-0.2, -0.15) is 5.10 Å². The molecule has 29 heavy (non-hydrogen) atoms. The molecule has 0 atom stereocenters. The van der Waals surface area contributed by atoms with E-state index in [9.17, 15) is 18.5 Å². The summed E-state index contributed by atoms with van der Waals surface area (Å²) in [4.78, 5) is 11.0. The molecule has 0 unspecified atom stereocenters. The number of halogens is 1. The number of hydrogen-bond donors (Lipinski definition) is 2. The van der Waals surface area contributed by atoms with Crippen LogP contribution in [-0.4, -0.2) is 19.6 Å². The second-order valence-corrected chi connectivity index (χ2v) is 8.87. The van der Waals surface area contributed by atoms with Gasteiger partial charge in [0, 0.05) is 17.0 Å². The molecule has 1 heterocycles. The summed E-state index contributed by atoms with van der Waals surface area (Å²) in [6, 6.07) is 11.7. The highest BCUT2D eigenvalue weighted by molar-refractivity contribution is 7.93. The molecule has 0 saturated heterocycles. The minimum atomic E-state index is -4.19. The van der Waals surface area contributed by atoms with Gasteiger partial charge in [0.05, 0.1) is 27.5 Å². The smallest absolute Gasteiger partial charge is 0.270 e. The maximum absolute atomic E-state index is 12.9. The third-order valence-electron chi connectivity index (χ3n) is 3.85. The summed E-state index contributed by atoms with van der Waals surface area (Å²) in [5.41, 5.74) is 3.55. The Kier molecular flexibility index (Phi) is 6.16. The van der Waals surface area contributed by atoms with Crippen LogP contribution in [0.1, 0.15) is 10.4 Å². The summed E-state index contributed by atoms with van der Waals surface area (Å²) in [7, 11) is -4.19. The second-order valence-electron chi connectivity index (χ2n) is 5.86. The molecule has 3 rings (SSSR count). The first-order chi connectivity index (χ1) is 13.8. The number of sulfonamides is 1. The summed E-state index contributed by atoms with van der Waals surface area (Å²) in [6.07, 6.45) is 1.55. The van der Waals surface area contributed by atoms with E-state index in [0.29, 0.717) is 0 Å². The zero-order chi connectivity index (χ0) is 21.0. The molecule has 8 nitrogen and oxygen atoms in total. The molecule has 0 amide bonds. The van der Waals surface area contributed by atoms with Gasteiger partial charge in [0.15, 0.2) is 0 Å². The van der Waals surface area contributed by atoms with E-state index in [4.69, 9.17) is 11.6 Å². The third kappa shape index (κ3) is 4.91. The molecule has 0 aliphatic carbocycles. The Bertz CT molecular complexity index is 1190. The number of rotatable bonds is 7. The van der Waals surface area contributed by atoms with Crippen LogP contribution >= 0.6 is 22.9 Å². The van der Waals surface area contributed by atoms with Crippen LogP contribution in [0.15, 0.2) is 63.9 Å². The van der Waals surface area contributed by atoms with Crippen molar-refractivity contribution < 1.29 is 13.3 Å². The number of aryl methyl sites for hydroxylation is 1. The molecule has 0 aliphatic rings. The van der Waals surface area contributed by atoms with E-state index in [-0.39, 0.29) is 27.0 Å². The van der Waals surface area contributed by atoms with Gasteiger partial charge in [0.25, 0.3) is 15.7 Å². The summed E-state index contributed by atoms with van der Waals surface area (Å²) < 4.78 is 28.2.